The molecule has 3 rings (SSSR count). The molecule has 1 atom stereocenters. The van der Waals surface area contributed by atoms with Gasteiger partial charge in [-0.25, -0.2) is 4.79 Å². The van der Waals surface area contributed by atoms with Crippen molar-refractivity contribution < 1.29 is 9.90 Å². The number of aromatic carboxylic acids is 1. The highest BCUT2D eigenvalue weighted by Crippen LogP contribution is 2.59. The highest BCUT2D eigenvalue weighted by molar-refractivity contribution is 8.18. The molecule has 1 unspecified atom stereocenters. The van der Waals surface area contributed by atoms with Crippen LogP contribution in [-0.4, -0.2) is 31.6 Å². The summed E-state index contributed by atoms with van der Waals surface area (Å²) in [5.74, 6) is 1.99. The van der Waals surface area contributed by atoms with Crippen LogP contribution in [0.3, 0.4) is 0 Å². The minimum Gasteiger partial charge on any atom is -0.478 e. The Morgan fingerprint density at radius 2 is 2.16 bits per heavy atom. The summed E-state index contributed by atoms with van der Waals surface area (Å²) in [4.78, 5) is 15.6. The van der Waals surface area contributed by atoms with E-state index in [1.165, 1.54) is 30.8 Å². The van der Waals surface area contributed by atoms with Crippen molar-refractivity contribution in [3.63, 3.8) is 0 Å². The van der Waals surface area contributed by atoms with Gasteiger partial charge in [0.1, 0.15) is 0 Å². The highest BCUT2D eigenvalue weighted by atomic mass is 32.2. The second kappa shape index (κ2) is 5.37. The van der Waals surface area contributed by atoms with E-state index in [-0.39, 0.29) is 4.08 Å². The van der Waals surface area contributed by atoms with E-state index in [1.54, 1.807) is 18.3 Å². The summed E-state index contributed by atoms with van der Waals surface area (Å²) in [5.41, 5.74) is 1.33. The predicted octanol–water partition coefficient (Wildman–Crippen LogP) is 3.61. The third-order valence-corrected chi connectivity index (χ3v) is 7.56. The van der Waals surface area contributed by atoms with Gasteiger partial charge in [-0.2, -0.15) is 0 Å². The summed E-state index contributed by atoms with van der Waals surface area (Å²) < 4.78 is 0.252. The van der Waals surface area contributed by atoms with Gasteiger partial charge in [-0.3, -0.25) is 4.98 Å². The summed E-state index contributed by atoms with van der Waals surface area (Å²) in [7, 11) is 0. The van der Waals surface area contributed by atoms with Crippen molar-refractivity contribution in [2.45, 2.75) is 35.7 Å². The van der Waals surface area contributed by atoms with E-state index in [0.717, 1.165) is 12.1 Å². The zero-order chi connectivity index (χ0) is 13.3. The fourth-order valence-corrected chi connectivity index (χ4v) is 6.77. The van der Waals surface area contributed by atoms with Gasteiger partial charge in [0, 0.05) is 17.8 Å². The monoisotopic (exact) mass is 295 g/mol. The number of hydrogen-bond acceptors (Lipinski definition) is 4. The maximum Gasteiger partial charge on any atom is 0.335 e. The summed E-state index contributed by atoms with van der Waals surface area (Å²) in [6.07, 6.45) is 6.51. The van der Waals surface area contributed by atoms with Gasteiger partial charge in [0.2, 0.25) is 0 Å². The van der Waals surface area contributed by atoms with Crippen molar-refractivity contribution in [3.05, 3.63) is 29.6 Å². The average molecular weight is 295 g/mol. The van der Waals surface area contributed by atoms with Crippen LogP contribution in [0.4, 0.5) is 0 Å². The van der Waals surface area contributed by atoms with Gasteiger partial charge in [0.25, 0.3) is 0 Å². The summed E-state index contributed by atoms with van der Waals surface area (Å²) in [5, 5.41) is 9.12. The van der Waals surface area contributed by atoms with Crippen LogP contribution in [0, 0.1) is 0 Å². The minimum absolute atomic E-state index is 0.252. The molecule has 1 aliphatic carbocycles. The fourth-order valence-electron chi connectivity index (χ4n) is 3.03. The molecule has 1 saturated carbocycles. The topological polar surface area (TPSA) is 50.2 Å². The Bertz CT molecular complexity index is 486. The first kappa shape index (κ1) is 13.3. The molecular formula is C14H17NO2S2. The number of carboxylic acids is 1. The van der Waals surface area contributed by atoms with Crippen molar-refractivity contribution in [1.82, 2.24) is 4.98 Å². The molecule has 1 spiro atoms. The molecule has 2 aliphatic rings. The standard InChI is InChI=1S/C14H17NO2S2/c16-13(17)10-4-6-15-12(9-10)11-3-1-5-14(11)18-7-2-8-19-14/h4,6,9,11H,1-3,5,7-8H2,(H,16,17). The zero-order valence-electron chi connectivity index (χ0n) is 10.7. The largest absolute Gasteiger partial charge is 0.478 e. The summed E-state index contributed by atoms with van der Waals surface area (Å²) >= 11 is 4.13. The number of rotatable bonds is 2. The lowest BCUT2D eigenvalue weighted by atomic mass is 10.0. The normalized spacial score (nSPS) is 25.6. The molecule has 2 fully saturated rings. The van der Waals surface area contributed by atoms with Gasteiger partial charge in [-0.05, 0) is 42.9 Å². The smallest absolute Gasteiger partial charge is 0.335 e. The Labute approximate surface area is 121 Å². The fraction of sp³-hybridized carbons (Fsp3) is 0.571. The number of carbonyl (C=O) groups is 1. The average Bonchev–Trinajstić information content (AvgIpc) is 2.83. The third-order valence-electron chi connectivity index (χ3n) is 3.92. The number of aromatic nitrogens is 1. The van der Waals surface area contributed by atoms with Crippen LogP contribution >= 0.6 is 23.5 Å². The van der Waals surface area contributed by atoms with Crippen molar-refractivity contribution in [2.24, 2.45) is 0 Å². The van der Waals surface area contributed by atoms with Crippen LogP contribution in [0.25, 0.3) is 0 Å². The first-order valence-corrected chi connectivity index (χ1v) is 8.65. The highest BCUT2D eigenvalue weighted by Gasteiger charge is 2.46. The maximum atomic E-state index is 11.1. The third kappa shape index (κ3) is 2.50. The van der Waals surface area contributed by atoms with Gasteiger partial charge >= 0.3 is 5.97 Å². The first-order valence-electron chi connectivity index (χ1n) is 6.68. The van der Waals surface area contributed by atoms with Crippen LogP contribution in [0.1, 0.15) is 47.7 Å². The van der Waals surface area contributed by atoms with Gasteiger partial charge in [0.15, 0.2) is 0 Å². The van der Waals surface area contributed by atoms with E-state index in [2.05, 4.69) is 28.5 Å². The molecule has 3 nitrogen and oxygen atoms in total. The van der Waals surface area contributed by atoms with Gasteiger partial charge in [-0.15, -0.1) is 23.5 Å². The van der Waals surface area contributed by atoms with Gasteiger partial charge in [0.05, 0.1) is 9.64 Å². The first-order chi connectivity index (χ1) is 9.21. The van der Waals surface area contributed by atoms with Crippen molar-refractivity contribution in [3.8, 4) is 0 Å². The molecule has 0 bridgehead atoms. The summed E-state index contributed by atoms with van der Waals surface area (Å²) in [6, 6.07) is 3.35. The number of hydrogen-bond donors (Lipinski definition) is 1. The molecule has 1 saturated heterocycles. The Hall–Kier alpha value is -0.680. The number of pyridine rings is 1. The molecule has 102 valence electrons. The molecule has 2 heterocycles. The Kier molecular flexibility index (Phi) is 3.76. The molecule has 5 heteroatoms. The second-order valence-electron chi connectivity index (χ2n) is 5.08. The van der Waals surface area contributed by atoms with E-state index in [9.17, 15) is 4.79 Å². The van der Waals surface area contributed by atoms with Crippen LogP contribution in [0.5, 0.6) is 0 Å². The van der Waals surface area contributed by atoms with Crippen LogP contribution in [0.15, 0.2) is 18.3 Å². The van der Waals surface area contributed by atoms with E-state index in [4.69, 9.17) is 5.11 Å². The quantitative estimate of drug-likeness (QED) is 0.903. The van der Waals surface area contributed by atoms with Crippen LogP contribution in [-0.2, 0) is 0 Å². The van der Waals surface area contributed by atoms with E-state index < -0.39 is 5.97 Å². The van der Waals surface area contributed by atoms with Crippen molar-refractivity contribution >= 4 is 29.5 Å². The molecule has 1 N–H and O–H groups in total. The molecule has 1 aliphatic heterocycles. The number of carboxylic acid groups (broad SMARTS) is 1. The molecule has 1 aromatic heterocycles. The Morgan fingerprint density at radius 1 is 1.37 bits per heavy atom. The predicted molar refractivity (Wildman–Crippen MR) is 80.1 cm³/mol. The lowest BCUT2D eigenvalue weighted by molar-refractivity contribution is 0.0696. The van der Waals surface area contributed by atoms with E-state index in [0.29, 0.717) is 11.5 Å². The van der Waals surface area contributed by atoms with E-state index >= 15 is 0 Å². The molecule has 0 amide bonds. The second-order valence-corrected chi connectivity index (χ2v) is 8.19. The molecule has 0 aromatic carbocycles. The summed E-state index contributed by atoms with van der Waals surface area (Å²) in [6.45, 7) is 0. The Morgan fingerprint density at radius 3 is 2.89 bits per heavy atom. The van der Waals surface area contributed by atoms with Crippen LogP contribution < -0.4 is 0 Å². The number of nitrogens with zero attached hydrogens (tertiary/aromatic N) is 1. The van der Waals surface area contributed by atoms with Gasteiger partial charge < -0.3 is 5.11 Å². The molecular weight excluding hydrogens is 278 g/mol. The zero-order valence-corrected chi connectivity index (χ0v) is 12.3. The molecule has 1 aromatic rings. The SMILES string of the molecule is O=C(O)c1ccnc(C2CCCC23SCCCS3)c1. The molecule has 0 radical (unpaired) electrons. The van der Waals surface area contributed by atoms with E-state index in [1.807, 2.05) is 0 Å². The van der Waals surface area contributed by atoms with Crippen molar-refractivity contribution in [1.29, 1.82) is 0 Å². The minimum atomic E-state index is -0.861. The maximum absolute atomic E-state index is 11.1. The van der Waals surface area contributed by atoms with Gasteiger partial charge in [-0.1, -0.05) is 6.42 Å². The lowest BCUT2D eigenvalue weighted by Crippen LogP contribution is -2.28. The lowest BCUT2D eigenvalue weighted by Gasteiger charge is -2.37. The van der Waals surface area contributed by atoms with Crippen molar-refractivity contribution in [2.75, 3.05) is 11.5 Å². The molecule has 19 heavy (non-hydrogen) atoms. The Balaban J connectivity index is 1.92. The number of thioether (sulfide) groups is 2. The van der Waals surface area contributed by atoms with Crippen LogP contribution in [0.2, 0.25) is 0 Å².